The van der Waals surface area contributed by atoms with Crippen molar-refractivity contribution in [3.8, 4) is 0 Å². The molecular formula is C21H33NO5. The predicted octanol–water partition coefficient (Wildman–Crippen LogP) is 3.94. The summed E-state index contributed by atoms with van der Waals surface area (Å²) in [6.07, 6.45) is 2.92. The normalized spacial score (nSPS) is 19.9. The van der Waals surface area contributed by atoms with E-state index in [1.54, 1.807) is 0 Å². The second kappa shape index (κ2) is 10.6. The molecule has 27 heavy (non-hydrogen) atoms. The Bertz CT molecular complexity index is 551. The van der Waals surface area contributed by atoms with Crippen LogP contribution in [-0.2, 0) is 14.2 Å². The van der Waals surface area contributed by atoms with Crippen LogP contribution in [-0.4, -0.2) is 42.4 Å². The van der Waals surface area contributed by atoms with E-state index in [0.29, 0.717) is 19.4 Å². The summed E-state index contributed by atoms with van der Waals surface area (Å²) in [5.74, 6) is 0. The average Bonchev–Trinajstić information content (AvgIpc) is 2.63. The van der Waals surface area contributed by atoms with E-state index in [4.69, 9.17) is 14.2 Å². The Kier molecular flexibility index (Phi) is 8.54. The number of carbonyl (C=O) groups excluding carboxylic acids is 1. The second-order valence-corrected chi connectivity index (χ2v) is 7.91. The quantitative estimate of drug-likeness (QED) is 0.669. The van der Waals surface area contributed by atoms with Gasteiger partial charge in [-0.15, -0.1) is 0 Å². The van der Waals surface area contributed by atoms with Crippen molar-refractivity contribution < 1.29 is 24.1 Å². The molecule has 3 unspecified atom stereocenters. The molecule has 0 aromatic heterocycles. The molecule has 2 N–H and O–H groups in total. The molecule has 6 nitrogen and oxygen atoms in total. The third-order valence-corrected chi connectivity index (χ3v) is 4.30. The van der Waals surface area contributed by atoms with E-state index < -0.39 is 23.8 Å². The van der Waals surface area contributed by atoms with Gasteiger partial charge in [-0.2, -0.15) is 0 Å². The molecular weight excluding hydrogens is 346 g/mol. The lowest BCUT2D eigenvalue weighted by Crippen LogP contribution is -2.39. The van der Waals surface area contributed by atoms with Crippen molar-refractivity contribution in [3.05, 3.63) is 35.9 Å². The van der Waals surface area contributed by atoms with E-state index in [1.807, 2.05) is 51.1 Å². The molecule has 1 saturated heterocycles. The SMILES string of the molecule is CC(C)(C)OC(=O)NC(c1ccccc1)C(O)CCCOC1CCCCO1. The third-order valence-electron chi connectivity index (χ3n) is 4.30. The van der Waals surface area contributed by atoms with Crippen molar-refractivity contribution in [2.75, 3.05) is 13.2 Å². The molecule has 1 fully saturated rings. The molecule has 0 saturated carbocycles. The van der Waals surface area contributed by atoms with E-state index in [0.717, 1.165) is 31.4 Å². The molecule has 2 rings (SSSR count). The minimum Gasteiger partial charge on any atom is -0.444 e. The van der Waals surface area contributed by atoms with Gasteiger partial charge in [0, 0.05) is 13.2 Å². The van der Waals surface area contributed by atoms with E-state index >= 15 is 0 Å². The highest BCUT2D eigenvalue weighted by Crippen LogP contribution is 2.22. The molecule has 0 aliphatic carbocycles. The van der Waals surface area contributed by atoms with Crippen molar-refractivity contribution >= 4 is 6.09 Å². The maximum Gasteiger partial charge on any atom is 0.408 e. The number of nitrogens with one attached hydrogen (secondary N) is 1. The largest absolute Gasteiger partial charge is 0.444 e. The highest BCUT2D eigenvalue weighted by molar-refractivity contribution is 5.68. The zero-order valence-electron chi connectivity index (χ0n) is 16.6. The summed E-state index contributed by atoms with van der Waals surface area (Å²) in [4.78, 5) is 12.2. The number of alkyl carbamates (subject to hydrolysis) is 1. The van der Waals surface area contributed by atoms with Crippen LogP contribution in [0.3, 0.4) is 0 Å². The van der Waals surface area contributed by atoms with Gasteiger partial charge in [0.05, 0.1) is 12.1 Å². The van der Waals surface area contributed by atoms with Gasteiger partial charge in [0.2, 0.25) is 0 Å². The summed E-state index contributed by atoms with van der Waals surface area (Å²) >= 11 is 0. The van der Waals surface area contributed by atoms with Gasteiger partial charge in [0.1, 0.15) is 5.60 Å². The fourth-order valence-electron chi connectivity index (χ4n) is 3.01. The highest BCUT2D eigenvalue weighted by atomic mass is 16.7. The summed E-state index contributed by atoms with van der Waals surface area (Å²) in [7, 11) is 0. The van der Waals surface area contributed by atoms with Gasteiger partial charge in [-0.25, -0.2) is 4.79 Å². The van der Waals surface area contributed by atoms with Crippen molar-refractivity contribution in [1.82, 2.24) is 5.32 Å². The first-order valence-corrected chi connectivity index (χ1v) is 9.81. The van der Waals surface area contributed by atoms with Crippen LogP contribution in [0.15, 0.2) is 30.3 Å². The van der Waals surface area contributed by atoms with Crippen LogP contribution in [0.25, 0.3) is 0 Å². The maximum absolute atomic E-state index is 12.2. The minimum atomic E-state index is -0.740. The maximum atomic E-state index is 12.2. The van der Waals surface area contributed by atoms with Crippen LogP contribution in [0.1, 0.15) is 64.5 Å². The van der Waals surface area contributed by atoms with Crippen LogP contribution < -0.4 is 5.32 Å². The Hall–Kier alpha value is -1.63. The average molecular weight is 379 g/mol. The highest BCUT2D eigenvalue weighted by Gasteiger charge is 2.26. The van der Waals surface area contributed by atoms with Crippen molar-refractivity contribution in [3.63, 3.8) is 0 Å². The molecule has 0 spiro atoms. The van der Waals surface area contributed by atoms with Gasteiger partial charge < -0.3 is 24.6 Å². The Balaban J connectivity index is 1.86. The van der Waals surface area contributed by atoms with Gasteiger partial charge in [-0.1, -0.05) is 30.3 Å². The Morgan fingerprint density at radius 3 is 2.67 bits per heavy atom. The molecule has 1 aromatic carbocycles. The molecule has 1 aromatic rings. The topological polar surface area (TPSA) is 77.0 Å². The third kappa shape index (κ3) is 8.28. The lowest BCUT2D eigenvalue weighted by molar-refractivity contribution is -0.163. The van der Waals surface area contributed by atoms with Crippen LogP contribution in [0.5, 0.6) is 0 Å². The van der Waals surface area contributed by atoms with Crippen molar-refractivity contribution in [1.29, 1.82) is 0 Å². The number of hydrogen-bond acceptors (Lipinski definition) is 5. The smallest absolute Gasteiger partial charge is 0.408 e. The van der Waals surface area contributed by atoms with Crippen LogP contribution in [0.4, 0.5) is 4.79 Å². The summed E-state index contributed by atoms with van der Waals surface area (Å²) in [5, 5.41) is 13.5. The molecule has 0 radical (unpaired) electrons. The van der Waals surface area contributed by atoms with Gasteiger partial charge in [0.25, 0.3) is 0 Å². The molecule has 152 valence electrons. The van der Waals surface area contributed by atoms with E-state index in [-0.39, 0.29) is 6.29 Å². The number of ether oxygens (including phenoxy) is 3. The van der Waals surface area contributed by atoms with Crippen LogP contribution >= 0.6 is 0 Å². The summed E-state index contributed by atoms with van der Waals surface area (Å²) in [6, 6.07) is 8.91. The first-order chi connectivity index (χ1) is 12.8. The summed E-state index contributed by atoms with van der Waals surface area (Å²) in [5.41, 5.74) is 0.247. The minimum absolute atomic E-state index is 0.124. The van der Waals surface area contributed by atoms with Gasteiger partial charge >= 0.3 is 6.09 Å². The number of aliphatic hydroxyl groups excluding tert-OH is 1. The van der Waals surface area contributed by atoms with Gasteiger partial charge in [-0.3, -0.25) is 0 Å². The van der Waals surface area contributed by atoms with Crippen LogP contribution in [0.2, 0.25) is 0 Å². The molecule has 6 heteroatoms. The zero-order chi connectivity index (χ0) is 19.7. The molecule has 1 amide bonds. The standard InChI is InChI=1S/C21H33NO5/c1-21(2,3)27-20(24)22-19(16-10-5-4-6-11-16)17(23)12-9-15-26-18-13-7-8-14-25-18/h4-6,10-11,17-19,23H,7-9,12-15H2,1-3H3,(H,22,24). The molecule has 1 aliphatic rings. The number of rotatable bonds is 8. The van der Waals surface area contributed by atoms with E-state index in [1.165, 1.54) is 0 Å². The Labute approximate surface area is 162 Å². The van der Waals surface area contributed by atoms with Crippen LogP contribution in [0, 0.1) is 0 Å². The lowest BCUT2D eigenvalue weighted by atomic mass is 9.98. The summed E-state index contributed by atoms with van der Waals surface area (Å²) in [6.45, 7) is 6.71. The van der Waals surface area contributed by atoms with Gasteiger partial charge in [0.15, 0.2) is 6.29 Å². The lowest BCUT2D eigenvalue weighted by Gasteiger charge is -2.27. The van der Waals surface area contributed by atoms with E-state index in [2.05, 4.69) is 5.32 Å². The predicted molar refractivity (Wildman–Crippen MR) is 103 cm³/mol. The fourth-order valence-corrected chi connectivity index (χ4v) is 3.01. The van der Waals surface area contributed by atoms with Gasteiger partial charge in [-0.05, 0) is 58.4 Å². The zero-order valence-corrected chi connectivity index (χ0v) is 16.6. The molecule has 1 aliphatic heterocycles. The molecule has 0 bridgehead atoms. The molecule has 1 heterocycles. The fraction of sp³-hybridized carbons (Fsp3) is 0.667. The second-order valence-electron chi connectivity index (χ2n) is 7.91. The number of amides is 1. The van der Waals surface area contributed by atoms with Crippen molar-refractivity contribution in [2.24, 2.45) is 0 Å². The number of aliphatic hydroxyl groups is 1. The number of hydrogen-bond donors (Lipinski definition) is 2. The monoisotopic (exact) mass is 379 g/mol. The first-order valence-electron chi connectivity index (χ1n) is 9.81. The summed E-state index contributed by atoms with van der Waals surface area (Å²) < 4.78 is 16.6. The number of carbonyl (C=O) groups is 1. The van der Waals surface area contributed by atoms with E-state index in [9.17, 15) is 9.90 Å². The molecule has 3 atom stereocenters. The van der Waals surface area contributed by atoms with Crippen molar-refractivity contribution in [2.45, 2.75) is 76.9 Å². The Morgan fingerprint density at radius 2 is 2.04 bits per heavy atom. The Morgan fingerprint density at radius 1 is 1.30 bits per heavy atom. The number of benzene rings is 1. The first kappa shape index (κ1) is 21.7.